The normalized spacial score (nSPS) is 11.1. The molecule has 10 nitrogen and oxygen atoms in total. The average molecular weight is 539 g/mol. The monoisotopic (exact) mass is 538 g/mol. The lowest BCUT2D eigenvalue weighted by molar-refractivity contribution is 0.444. The second-order valence-corrected chi connectivity index (χ2v) is 8.57. The minimum atomic E-state index is -1.67. The molecule has 0 saturated heterocycles. The third-order valence-electron chi connectivity index (χ3n) is 5.52. The molecule has 14 heteroatoms. The molecule has 2 aromatic carbocycles. The molecule has 0 aliphatic rings. The van der Waals surface area contributed by atoms with Crippen LogP contribution in [0.25, 0.3) is 16.6 Å². The van der Waals surface area contributed by atoms with Crippen molar-refractivity contribution in [3.05, 3.63) is 103 Å². The Labute approximate surface area is 215 Å². The maximum Gasteiger partial charge on any atom is 0.359 e. The van der Waals surface area contributed by atoms with Gasteiger partial charge in [0.2, 0.25) is 5.95 Å². The highest BCUT2D eigenvalue weighted by atomic mass is 35.5. The zero-order chi connectivity index (χ0) is 27.1. The van der Waals surface area contributed by atoms with Crippen LogP contribution in [0.1, 0.15) is 11.1 Å². The lowest BCUT2D eigenvalue weighted by Crippen LogP contribution is -2.41. The van der Waals surface area contributed by atoms with Crippen LogP contribution in [0.5, 0.6) is 0 Å². The molecule has 5 aromatic rings. The predicted molar refractivity (Wildman–Crippen MR) is 131 cm³/mol. The van der Waals surface area contributed by atoms with Gasteiger partial charge in [-0.2, -0.15) is 15.3 Å². The Balaban J connectivity index is 1.70. The van der Waals surface area contributed by atoms with Gasteiger partial charge in [-0.3, -0.25) is 14.2 Å². The molecule has 0 saturated carbocycles. The number of aryl methyl sites for hydroxylation is 1. The van der Waals surface area contributed by atoms with Gasteiger partial charge < -0.3 is 5.32 Å². The molecule has 38 heavy (non-hydrogen) atoms. The first-order chi connectivity index (χ1) is 18.1. The summed E-state index contributed by atoms with van der Waals surface area (Å²) in [6.45, 7) is -0.513. The predicted octanol–water partition coefficient (Wildman–Crippen LogP) is 3.41. The van der Waals surface area contributed by atoms with E-state index in [4.69, 9.17) is 11.6 Å². The fraction of sp³-hybridized carbons (Fsp3) is 0.0833. The van der Waals surface area contributed by atoms with Crippen molar-refractivity contribution in [2.75, 3.05) is 5.32 Å². The molecule has 0 fully saturated rings. The Morgan fingerprint density at radius 1 is 1.08 bits per heavy atom. The molecule has 0 atom stereocenters. The first-order valence-electron chi connectivity index (χ1n) is 10.8. The number of aromatic nitrogens is 6. The van der Waals surface area contributed by atoms with Crippen molar-refractivity contribution in [3.8, 4) is 11.8 Å². The van der Waals surface area contributed by atoms with Crippen molar-refractivity contribution in [2.24, 2.45) is 7.05 Å². The highest BCUT2D eigenvalue weighted by Crippen LogP contribution is 2.29. The minimum absolute atomic E-state index is 0.0573. The molecule has 0 bridgehead atoms. The van der Waals surface area contributed by atoms with Crippen molar-refractivity contribution in [2.45, 2.75) is 6.54 Å². The minimum Gasteiger partial charge on any atom is -0.324 e. The van der Waals surface area contributed by atoms with Crippen LogP contribution in [0.2, 0.25) is 5.02 Å². The molecular formula is C24H14ClF3N8O2. The number of hydrogen-bond acceptors (Lipinski definition) is 7. The van der Waals surface area contributed by atoms with E-state index in [1.807, 2.05) is 6.07 Å². The Morgan fingerprint density at radius 2 is 1.82 bits per heavy atom. The van der Waals surface area contributed by atoms with Gasteiger partial charge in [-0.15, -0.1) is 0 Å². The maximum atomic E-state index is 13.9. The molecule has 0 unspecified atom stereocenters. The SMILES string of the molecule is Cn1cc2cc(Nc3nc(=O)n(-c4cncc(C#N)c4)c(=O)n3Cc3cc(F)c(F)c(F)c3)c(Cl)cc2n1. The highest BCUT2D eigenvalue weighted by molar-refractivity contribution is 6.34. The summed E-state index contributed by atoms with van der Waals surface area (Å²) >= 11 is 6.38. The number of nitrogens with one attached hydrogen (secondary N) is 1. The Kier molecular flexibility index (Phi) is 6.17. The second kappa shape index (κ2) is 9.49. The highest BCUT2D eigenvalue weighted by Gasteiger charge is 2.19. The van der Waals surface area contributed by atoms with Gasteiger partial charge >= 0.3 is 11.4 Å². The lowest BCUT2D eigenvalue weighted by Gasteiger charge is -2.16. The van der Waals surface area contributed by atoms with E-state index in [0.717, 1.165) is 16.7 Å². The van der Waals surface area contributed by atoms with Crippen molar-refractivity contribution in [3.63, 3.8) is 0 Å². The summed E-state index contributed by atoms with van der Waals surface area (Å²) < 4.78 is 44.5. The number of nitriles is 1. The zero-order valence-corrected chi connectivity index (χ0v) is 20.0. The fourth-order valence-corrected chi connectivity index (χ4v) is 4.04. The number of halogens is 4. The van der Waals surface area contributed by atoms with Crippen LogP contribution >= 0.6 is 11.6 Å². The standard InChI is InChI=1S/C24H14ClF3N8O2/c1-34-11-14-5-20(16(25)6-19(14)33-34)31-22-32-23(37)36(15-2-13(7-29)8-30-9-15)24(38)35(22)10-12-3-17(26)21(28)18(27)4-12/h2-6,8-9,11H,10H2,1H3,(H,31,32,37). The number of nitrogens with zero attached hydrogens (tertiary/aromatic N) is 7. The van der Waals surface area contributed by atoms with Crippen LogP contribution < -0.4 is 16.7 Å². The zero-order valence-electron chi connectivity index (χ0n) is 19.3. The number of pyridine rings is 1. The van der Waals surface area contributed by atoms with Crippen molar-refractivity contribution in [1.29, 1.82) is 5.26 Å². The van der Waals surface area contributed by atoms with E-state index in [-0.39, 0.29) is 33.5 Å². The van der Waals surface area contributed by atoms with Gasteiger partial charge in [-0.05, 0) is 35.9 Å². The van der Waals surface area contributed by atoms with Gasteiger partial charge in [0.1, 0.15) is 6.07 Å². The summed E-state index contributed by atoms with van der Waals surface area (Å²) in [6, 6.07) is 7.72. The van der Waals surface area contributed by atoms with Gasteiger partial charge in [0.15, 0.2) is 17.5 Å². The summed E-state index contributed by atoms with van der Waals surface area (Å²) in [6.07, 6.45) is 4.12. The summed E-state index contributed by atoms with van der Waals surface area (Å²) in [4.78, 5) is 34.4. The molecular weight excluding hydrogens is 525 g/mol. The second-order valence-electron chi connectivity index (χ2n) is 8.16. The topological polar surface area (TPSA) is 123 Å². The fourth-order valence-electron chi connectivity index (χ4n) is 3.83. The Hall–Kier alpha value is -4.96. The van der Waals surface area contributed by atoms with Crippen molar-refractivity contribution in [1.82, 2.24) is 28.9 Å². The van der Waals surface area contributed by atoms with E-state index in [2.05, 4.69) is 20.4 Å². The Bertz CT molecular complexity index is 1890. The largest absolute Gasteiger partial charge is 0.359 e. The van der Waals surface area contributed by atoms with Gasteiger partial charge in [-0.25, -0.2) is 27.3 Å². The van der Waals surface area contributed by atoms with Gasteiger partial charge in [0.05, 0.1) is 40.2 Å². The third kappa shape index (κ3) is 4.48. The molecule has 5 rings (SSSR count). The van der Waals surface area contributed by atoms with Crippen LogP contribution in [0.15, 0.2) is 58.5 Å². The summed E-state index contributed by atoms with van der Waals surface area (Å²) in [5, 5.41) is 17.1. The summed E-state index contributed by atoms with van der Waals surface area (Å²) in [7, 11) is 1.72. The smallest absolute Gasteiger partial charge is 0.324 e. The molecule has 0 aliphatic heterocycles. The van der Waals surface area contributed by atoms with Gasteiger partial charge in [0, 0.05) is 24.8 Å². The molecule has 3 aromatic heterocycles. The maximum absolute atomic E-state index is 13.9. The molecule has 0 radical (unpaired) electrons. The number of benzene rings is 2. The Morgan fingerprint density at radius 3 is 2.53 bits per heavy atom. The summed E-state index contributed by atoms with van der Waals surface area (Å²) in [5.74, 6) is -4.89. The third-order valence-corrected chi connectivity index (χ3v) is 5.83. The number of hydrogen-bond donors (Lipinski definition) is 1. The molecule has 3 heterocycles. The van der Waals surface area contributed by atoms with Crippen LogP contribution in [0.3, 0.4) is 0 Å². The quantitative estimate of drug-likeness (QED) is 0.340. The van der Waals surface area contributed by atoms with E-state index in [1.165, 1.54) is 18.5 Å². The first-order valence-corrected chi connectivity index (χ1v) is 11.1. The van der Waals surface area contributed by atoms with E-state index < -0.39 is 35.4 Å². The van der Waals surface area contributed by atoms with Crippen molar-refractivity contribution < 1.29 is 13.2 Å². The lowest BCUT2D eigenvalue weighted by atomic mass is 10.2. The molecule has 0 amide bonds. The first kappa shape index (κ1) is 24.7. The molecule has 0 spiro atoms. The van der Waals surface area contributed by atoms with Crippen LogP contribution in [0.4, 0.5) is 24.8 Å². The summed E-state index contributed by atoms with van der Waals surface area (Å²) in [5.41, 5.74) is -1.27. The van der Waals surface area contributed by atoms with Crippen LogP contribution in [-0.2, 0) is 13.6 Å². The molecule has 1 N–H and O–H groups in total. The number of rotatable bonds is 5. The van der Waals surface area contributed by atoms with E-state index in [9.17, 15) is 28.0 Å². The number of anilines is 2. The van der Waals surface area contributed by atoms with Crippen molar-refractivity contribution >= 4 is 34.1 Å². The van der Waals surface area contributed by atoms with Crippen LogP contribution in [-0.4, -0.2) is 28.9 Å². The number of fused-ring (bicyclic) bond motifs is 1. The van der Waals surface area contributed by atoms with E-state index >= 15 is 0 Å². The average Bonchev–Trinajstić information content (AvgIpc) is 3.23. The van der Waals surface area contributed by atoms with Gasteiger partial charge in [-0.1, -0.05) is 11.6 Å². The van der Waals surface area contributed by atoms with Crippen LogP contribution in [0, 0.1) is 28.8 Å². The van der Waals surface area contributed by atoms with Gasteiger partial charge in [0.25, 0.3) is 0 Å². The molecule has 0 aliphatic carbocycles. The van der Waals surface area contributed by atoms with E-state index in [1.54, 1.807) is 30.1 Å². The van der Waals surface area contributed by atoms with E-state index in [0.29, 0.717) is 15.5 Å². The molecule has 190 valence electrons.